The lowest BCUT2D eigenvalue weighted by Gasteiger charge is -2.28. The number of nitrogens with zero attached hydrogens (tertiary/aromatic N) is 1. The topological polar surface area (TPSA) is 49.4 Å². The number of benzene rings is 2. The minimum absolute atomic E-state index is 0.00670. The molecule has 0 saturated heterocycles. The van der Waals surface area contributed by atoms with Crippen molar-refractivity contribution in [2.24, 2.45) is 0 Å². The summed E-state index contributed by atoms with van der Waals surface area (Å²) in [4.78, 5) is 26.6. The molecular formula is C22H28N2O2S. The molecule has 0 radical (unpaired) electrons. The highest BCUT2D eigenvalue weighted by Crippen LogP contribution is 2.16. The van der Waals surface area contributed by atoms with E-state index in [0.29, 0.717) is 13.0 Å². The summed E-state index contributed by atoms with van der Waals surface area (Å²) in [6.07, 6.45) is 0.421. The predicted octanol–water partition coefficient (Wildman–Crippen LogP) is 3.78. The highest BCUT2D eigenvalue weighted by molar-refractivity contribution is 7.98. The lowest BCUT2D eigenvalue weighted by molar-refractivity contribution is -0.140. The van der Waals surface area contributed by atoms with Gasteiger partial charge in [-0.05, 0) is 25.0 Å². The molecule has 0 bridgehead atoms. The maximum Gasteiger partial charge on any atom is 0.242 e. The first-order valence-corrected chi connectivity index (χ1v) is 10.3. The Labute approximate surface area is 166 Å². The summed E-state index contributed by atoms with van der Waals surface area (Å²) in [6.45, 7) is 4.25. The van der Waals surface area contributed by atoms with Crippen LogP contribution < -0.4 is 5.32 Å². The van der Waals surface area contributed by atoms with Crippen LogP contribution in [0.2, 0.25) is 0 Å². The molecule has 0 aromatic heterocycles. The number of carbonyl (C=O) groups excluding carboxylic acids is 2. The second-order valence-corrected chi connectivity index (χ2v) is 7.69. The van der Waals surface area contributed by atoms with Crippen LogP contribution in [0.15, 0.2) is 54.6 Å². The number of carbonyl (C=O) groups is 2. The summed E-state index contributed by atoms with van der Waals surface area (Å²) in [7, 11) is 1.60. The highest BCUT2D eigenvalue weighted by atomic mass is 32.2. The molecule has 2 aromatic carbocycles. The molecule has 0 aliphatic heterocycles. The Balaban J connectivity index is 1.95. The van der Waals surface area contributed by atoms with Gasteiger partial charge in [-0.15, -0.1) is 0 Å². The van der Waals surface area contributed by atoms with E-state index in [0.717, 1.165) is 17.1 Å². The van der Waals surface area contributed by atoms with E-state index < -0.39 is 6.04 Å². The monoisotopic (exact) mass is 384 g/mol. The molecule has 0 unspecified atom stereocenters. The second kappa shape index (κ2) is 10.8. The quantitative estimate of drug-likeness (QED) is 0.670. The lowest BCUT2D eigenvalue weighted by Crippen LogP contribution is -2.46. The van der Waals surface area contributed by atoms with Gasteiger partial charge >= 0.3 is 0 Å². The summed E-state index contributed by atoms with van der Waals surface area (Å²) in [5.41, 5.74) is 3.46. The van der Waals surface area contributed by atoms with E-state index in [1.807, 2.05) is 49.4 Å². The Morgan fingerprint density at radius 3 is 2.33 bits per heavy atom. The van der Waals surface area contributed by atoms with Crippen LogP contribution >= 0.6 is 11.8 Å². The van der Waals surface area contributed by atoms with Crippen molar-refractivity contribution in [2.75, 3.05) is 12.8 Å². The molecule has 1 atom stereocenters. The van der Waals surface area contributed by atoms with E-state index in [1.165, 1.54) is 11.1 Å². The standard InChI is InChI=1S/C22H28N2O2S/c1-17-9-11-19(12-10-17)15-24(18(2)22(26)23-3)21(25)13-14-27-16-20-7-5-4-6-8-20/h4-12,18H,13-16H2,1-3H3,(H,23,26)/t18-/m0/s1. The van der Waals surface area contributed by atoms with E-state index in [2.05, 4.69) is 17.4 Å². The molecule has 144 valence electrons. The maximum absolute atomic E-state index is 12.8. The lowest BCUT2D eigenvalue weighted by atomic mass is 10.1. The van der Waals surface area contributed by atoms with Crippen molar-refractivity contribution >= 4 is 23.6 Å². The molecule has 4 nitrogen and oxygen atoms in total. The average Bonchev–Trinajstić information content (AvgIpc) is 2.70. The molecule has 2 rings (SSSR count). The van der Waals surface area contributed by atoms with Crippen molar-refractivity contribution in [3.63, 3.8) is 0 Å². The van der Waals surface area contributed by atoms with Gasteiger partial charge in [-0.3, -0.25) is 9.59 Å². The van der Waals surface area contributed by atoms with Crippen LogP contribution in [0.1, 0.15) is 30.0 Å². The van der Waals surface area contributed by atoms with Gasteiger partial charge in [0.05, 0.1) is 0 Å². The van der Waals surface area contributed by atoms with Crippen LogP contribution in [-0.2, 0) is 21.9 Å². The Morgan fingerprint density at radius 2 is 1.70 bits per heavy atom. The second-order valence-electron chi connectivity index (χ2n) is 6.59. The number of hydrogen-bond acceptors (Lipinski definition) is 3. The third kappa shape index (κ3) is 6.75. The van der Waals surface area contributed by atoms with Gasteiger partial charge in [0, 0.05) is 31.5 Å². The smallest absolute Gasteiger partial charge is 0.242 e. The fourth-order valence-electron chi connectivity index (χ4n) is 2.75. The summed E-state index contributed by atoms with van der Waals surface area (Å²) in [5.74, 6) is 1.48. The average molecular weight is 385 g/mol. The van der Waals surface area contributed by atoms with Crippen molar-refractivity contribution in [2.45, 2.75) is 38.6 Å². The largest absolute Gasteiger partial charge is 0.357 e. The zero-order valence-electron chi connectivity index (χ0n) is 16.3. The van der Waals surface area contributed by atoms with Gasteiger partial charge in [0.2, 0.25) is 11.8 Å². The maximum atomic E-state index is 12.8. The number of aryl methyl sites for hydroxylation is 1. The molecule has 27 heavy (non-hydrogen) atoms. The van der Waals surface area contributed by atoms with Crippen molar-refractivity contribution in [3.05, 3.63) is 71.3 Å². The summed E-state index contributed by atoms with van der Waals surface area (Å²) in [6, 6.07) is 17.8. The molecule has 2 amide bonds. The number of likely N-dealkylation sites (N-methyl/N-ethyl adjacent to an activating group) is 1. The zero-order chi connectivity index (χ0) is 19.6. The molecule has 2 aromatic rings. The third-order valence-corrected chi connectivity index (χ3v) is 5.49. The number of thioether (sulfide) groups is 1. The zero-order valence-corrected chi connectivity index (χ0v) is 17.1. The van der Waals surface area contributed by atoms with Crippen LogP contribution in [0, 0.1) is 6.92 Å². The molecule has 1 N–H and O–H groups in total. The van der Waals surface area contributed by atoms with E-state index in [4.69, 9.17) is 0 Å². The Hall–Kier alpha value is -2.27. The van der Waals surface area contributed by atoms with Crippen LogP contribution in [-0.4, -0.2) is 35.6 Å². The molecule has 0 fully saturated rings. The van der Waals surface area contributed by atoms with E-state index >= 15 is 0 Å². The Morgan fingerprint density at radius 1 is 1.04 bits per heavy atom. The minimum Gasteiger partial charge on any atom is -0.357 e. The molecular weight excluding hydrogens is 356 g/mol. The molecule has 0 saturated carbocycles. The van der Waals surface area contributed by atoms with Crippen molar-refractivity contribution < 1.29 is 9.59 Å². The normalized spacial score (nSPS) is 11.7. The van der Waals surface area contributed by atoms with E-state index in [9.17, 15) is 9.59 Å². The van der Waals surface area contributed by atoms with Gasteiger partial charge in [-0.25, -0.2) is 0 Å². The summed E-state index contributed by atoms with van der Waals surface area (Å²) >= 11 is 1.74. The van der Waals surface area contributed by atoms with Gasteiger partial charge in [0.15, 0.2) is 0 Å². The van der Waals surface area contributed by atoms with Crippen molar-refractivity contribution in [3.8, 4) is 0 Å². The van der Waals surface area contributed by atoms with Gasteiger partial charge in [0.1, 0.15) is 6.04 Å². The predicted molar refractivity (Wildman–Crippen MR) is 112 cm³/mol. The van der Waals surface area contributed by atoms with Crippen molar-refractivity contribution in [1.29, 1.82) is 0 Å². The first-order chi connectivity index (χ1) is 13.0. The minimum atomic E-state index is -0.497. The SMILES string of the molecule is CNC(=O)[C@H](C)N(Cc1ccc(C)cc1)C(=O)CCSCc1ccccc1. The fourth-order valence-corrected chi connectivity index (χ4v) is 3.64. The van der Waals surface area contributed by atoms with Gasteiger partial charge in [-0.1, -0.05) is 60.2 Å². The van der Waals surface area contributed by atoms with Gasteiger partial charge in [0.25, 0.3) is 0 Å². The molecule has 0 aliphatic carbocycles. The number of rotatable bonds is 9. The third-order valence-electron chi connectivity index (χ3n) is 4.46. The summed E-state index contributed by atoms with van der Waals surface area (Å²) < 4.78 is 0. The van der Waals surface area contributed by atoms with Gasteiger partial charge < -0.3 is 10.2 Å². The Kier molecular flexibility index (Phi) is 8.40. The first kappa shape index (κ1) is 21.0. The molecule has 0 spiro atoms. The fraction of sp³-hybridized carbons (Fsp3) is 0.364. The first-order valence-electron chi connectivity index (χ1n) is 9.19. The van der Waals surface area contributed by atoms with Crippen LogP contribution in [0.4, 0.5) is 0 Å². The van der Waals surface area contributed by atoms with Crippen LogP contribution in [0.3, 0.4) is 0 Å². The molecule has 0 aliphatic rings. The van der Waals surface area contributed by atoms with Crippen molar-refractivity contribution in [1.82, 2.24) is 10.2 Å². The Bertz CT molecular complexity index is 732. The number of nitrogens with one attached hydrogen (secondary N) is 1. The van der Waals surface area contributed by atoms with E-state index in [-0.39, 0.29) is 11.8 Å². The van der Waals surface area contributed by atoms with Crippen LogP contribution in [0.5, 0.6) is 0 Å². The van der Waals surface area contributed by atoms with Crippen LogP contribution in [0.25, 0.3) is 0 Å². The number of amides is 2. The highest BCUT2D eigenvalue weighted by Gasteiger charge is 2.25. The number of hydrogen-bond donors (Lipinski definition) is 1. The van der Waals surface area contributed by atoms with Gasteiger partial charge in [-0.2, -0.15) is 11.8 Å². The van der Waals surface area contributed by atoms with E-state index in [1.54, 1.807) is 30.6 Å². The summed E-state index contributed by atoms with van der Waals surface area (Å²) in [5, 5.41) is 2.65. The molecule has 0 heterocycles. The molecule has 5 heteroatoms.